The number of aromatic nitrogens is 4. The van der Waals surface area contributed by atoms with Crippen LogP contribution in [0.5, 0.6) is 0 Å². The van der Waals surface area contributed by atoms with Gasteiger partial charge < -0.3 is 0 Å². The van der Waals surface area contributed by atoms with Crippen molar-refractivity contribution in [1.29, 1.82) is 0 Å². The minimum atomic E-state index is 0.466. The molecule has 0 radical (unpaired) electrons. The Morgan fingerprint density at radius 3 is 2.57 bits per heavy atom. The molecule has 6 heteroatoms. The lowest BCUT2D eigenvalue weighted by atomic mass is 10.2. The number of hydrogen-bond donors (Lipinski definition) is 0. The predicted octanol–water partition coefficient (Wildman–Crippen LogP) is 4.25. The zero-order valence-corrected chi connectivity index (χ0v) is 12.2. The zero-order chi connectivity index (χ0) is 14.4. The summed E-state index contributed by atoms with van der Waals surface area (Å²) in [4.78, 5) is 13.4. The second-order valence-electron chi connectivity index (χ2n) is 4.58. The normalized spacial score (nSPS) is 11.3. The minimum Gasteiger partial charge on any atom is -0.298 e. The molecule has 3 aromatic heterocycles. The first-order valence-electron chi connectivity index (χ1n) is 6.26. The fourth-order valence-corrected chi connectivity index (χ4v) is 2.57. The molecule has 0 fully saturated rings. The van der Waals surface area contributed by atoms with E-state index in [4.69, 9.17) is 23.2 Å². The molecule has 3 heterocycles. The van der Waals surface area contributed by atoms with Gasteiger partial charge in [0.15, 0.2) is 0 Å². The molecule has 0 aliphatic heterocycles. The standard InChI is InChI=1S/C15H8Cl2N4/c16-9-5-11-12(6-10(9)17)20-13(7-18-11)14-8-19-15-3-1-2-4-21(14)15/h1-8H. The highest BCUT2D eigenvalue weighted by Crippen LogP contribution is 2.27. The maximum absolute atomic E-state index is 6.04. The minimum absolute atomic E-state index is 0.466. The number of imidazole rings is 1. The number of pyridine rings is 1. The lowest BCUT2D eigenvalue weighted by Crippen LogP contribution is -1.92. The quantitative estimate of drug-likeness (QED) is 0.527. The number of benzene rings is 1. The summed E-state index contributed by atoms with van der Waals surface area (Å²) in [6.45, 7) is 0. The van der Waals surface area contributed by atoms with Gasteiger partial charge >= 0.3 is 0 Å². The molecular formula is C15H8Cl2N4. The second kappa shape index (κ2) is 4.69. The van der Waals surface area contributed by atoms with Crippen molar-refractivity contribution in [2.75, 3.05) is 0 Å². The van der Waals surface area contributed by atoms with Gasteiger partial charge in [0.05, 0.1) is 39.2 Å². The van der Waals surface area contributed by atoms with Gasteiger partial charge in [0.1, 0.15) is 11.3 Å². The molecule has 0 aliphatic carbocycles. The van der Waals surface area contributed by atoms with Gasteiger partial charge in [-0.3, -0.25) is 9.38 Å². The Labute approximate surface area is 130 Å². The van der Waals surface area contributed by atoms with E-state index in [1.807, 2.05) is 28.8 Å². The fourth-order valence-electron chi connectivity index (χ4n) is 2.25. The van der Waals surface area contributed by atoms with Crippen molar-refractivity contribution in [3.8, 4) is 11.4 Å². The van der Waals surface area contributed by atoms with Gasteiger partial charge in [0.25, 0.3) is 0 Å². The molecule has 0 N–H and O–H groups in total. The molecule has 21 heavy (non-hydrogen) atoms. The molecule has 0 unspecified atom stereocenters. The third-order valence-electron chi connectivity index (χ3n) is 3.26. The average molecular weight is 315 g/mol. The van der Waals surface area contributed by atoms with Crippen molar-refractivity contribution in [3.05, 3.63) is 59.0 Å². The van der Waals surface area contributed by atoms with Gasteiger partial charge in [0.2, 0.25) is 0 Å². The van der Waals surface area contributed by atoms with Crippen LogP contribution in [-0.4, -0.2) is 19.4 Å². The van der Waals surface area contributed by atoms with Crippen LogP contribution in [-0.2, 0) is 0 Å². The van der Waals surface area contributed by atoms with Crippen LogP contribution in [0.2, 0.25) is 10.0 Å². The predicted molar refractivity (Wildman–Crippen MR) is 83.7 cm³/mol. The summed E-state index contributed by atoms with van der Waals surface area (Å²) in [5, 5.41) is 0.940. The van der Waals surface area contributed by atoms with Crippen LogP contribution in [0.3, 0.4) is 0 Å². The molecule has 0 spiro atoms. The Morgan fingerprint density at radius 2 is 1.71 bits per heavy atom. The van der Waals surface area contributed by atoms with Crippen molar-refractivity contribution in [1.82, 2.24) is 19.4 Å². The van der Waals surface area contributed by atoms with Gasteiger partial charge in [0, 0.05) is 6.20 Å². The van der Waals surface area contributed by atoms with E-state index in [1.165, 1.54) is 0 Å². The summed E-state index contributed by atoms with van der Waals surface area (Å²) in [6.07, 6.45) is 5.43. The fraction of sp³-hybridized carbons (Fsp3) is 0. The van der Waals surface area contributed by atoms with Crippen molar-refractivity contribution in [3.63, 3.8) is 0 Å². The number of rotatable bonds is 1. The molecule has 102 valence electrons. The monoisotopic (exact) mass is 314 g/mol. The molecule has 0 aliphatic rings. The lowest BCUT2D eigenvalue weighted by Gasteiger charge is -2.04. The van der Waals surface area contributed by atoms with E-state index in [1.54, 1.807) is 24.5 Å². The van der Waals surface area contributed by atoms with E-state index in [9.17, 15) is 0 Å². The average Bonchev–Trinajstić information content (AvgIpc) is 2.92. The van der Waals surface area contributed by atoms with Crippen LogP contribution < -0.4 is 0 Å². The molecule has 0 saturated carbocycles. The Hall–Kier alpha value is -2.17. The van der Waals surface area contributed by atoms with Gasteiger partial charge in [-0.1, -0.05) is 29.3 Å². The highest BCUT2D eigenvalue weighted by molar-refractivity contribution is 6.42. The number of hydrogen-bond acceptors (Lipinski definition) is 3. The van der Waals surface area contributed by atoms with Crippen molar-refractivity contribution in [2.24, 2.45) is 0 Å². The van der Waals surface area contributed by atoms with Crippen LogP contribution in [0.1, 0.15) is 0 Å². The molecule has 4 rings (SSSR count). The third kappa shape index (κ3) is 2.04. The van der Waals surface area contributed by atoms with Crippen LogP contribution in [0.4, 0.5) is 0 Å². The molecule has 0 bridgehead atoms. The molecular weight excluding hydrogens is 307 g/mol. The Balaban J connectivity index is 1.96. The Morgan fingerprint density at radius 1 is 0.905 bits per heavy atom. The molecule has 0 amide bonds. The van der Waals surface area contributed by atoms with Gasteiger partial charge in [-0.25, -0.2) is 9.97 Å². The highest BCUT2D eigenvalue weighted by Gasteiger charge is 2.09. The number of halogens is 2. The summed E-state index contributed by atoms with van der Waals surface area (Å²) in [5.41, 5.74) is 3.89. The largest absolute Gasteiger partial charge is 0.298 e. The second-order valence-corrected chi connectivity index (χ2v) is 5.40. The SMILES string of the molecule is Clc1cc2ncc(-c3cnc4ccccn34)nc2cc1Cl. The Kier molecular flexibility index (Phi) is 2.80. The van der Waals surface area contributed by atoms with E-state index in [-0.39, 0.29) is 0 Å². The van der Waals surface area contributed by atoms with Crippen LogP contribution in [0.15, 0.2) is 48.9 Å². The topological polar surface area (TPSA) is 43.1 Å². The summed E-state index contributed by atoms with van der Waals surface area (Å²) in [7, 11) is 0. The van der Waals surface area contributed by atoms with Gasteiger partial charge in [-0.05, 0) is 24.3 Å². The maximum atomic E-state index is 6.04. The van der Waals surface area contributed by atoms with Crippen LogP contribution in [0.25, 0.3) is 28.1 Å². The Bertz CT molecular complexity index is 978. The molecule has 4 nitrogen and oxygen atoms in total. The van der Waals surface area contributed by atoms with E-state index in [0.717, 1.165) is 17.0 Å². The van der Waals surface area contributed by atoms with E-state index in [0.29, 0.717) is 21.1 Å². The zero-order valence-electron chi connectivity index (χ0n) is 10.7. The smallest absolute Gasteiger partial charge is 0.137 e. The molecule has 0 saturated heterocycles. The molecule has 1 aromatic carbocycles. The first kappa shape index (κ1) is 12.6. The maximum Gasteiger partial charge on any atom is 0.137 e. The third-order valence-corrected chi connectivity index (χ3v) is 3.99. The van der Waals surface area contributed by atoms with E-state index in [2.05, 4.69) is 15.0 Å². The molecule has 0 atom stereocenters. The molecule has 4 aromatic rings. The van der Waals surface area contributed by atoms with Crippen molar-refractivity contribution < 1.29 is 0 Å². The summed E-state index contributed by atoms with van der Waals surface area (Å²) in [6, 6.07) is 9.27. The van der Waals surface area contributed by atoms with Crippen LogP contribution >= 0.6 is 23.2 Å². The lowest BCUT2D eigenvalue weighted by molar-refractivity contribution is 1.16. The highest BCUT2D eigenvalue weighted by atomic mass is 35.5. The van der Waals surface area contributed by atoms with Gasteiger partial charge in [-0.15, -0.1) is 0 Å². The van der Waals surface area contributed by atoms with Crippen LogP contribution in [0, 0.1) is 0 Å². The van der Waals surface area contributed by atoms with Crippen molar-refractivity contribution in [2.45, 2.75) is 0 Å². The van der Waals surface area contributed by atoms with E-state index < -0.39 is 0 Å². The summed E-state index contributed by atoms with van der Waals surface area (Å²) >= 11 is 12.0. The summed E-state index contributed by atoms with van der Waals surface area (Å²) < 4.78 is 1.97. The summed E-state index contributed by atoms with van der Waals surface area (Å²) in [5.74, 6) is 0. The first-order chi connectivity index (χ1) is 10.2. The van der Waals surface area contributed by atoms with Crippen molar-refractivity contribution >= 4 is 39.9 Å². The van der Waals surface area contributed by atoms with E-state index >= 15 is 0 Å². The van der Waals surface area contributed by atoms with Gasteiger partial charge in [-0.2, -0.15) is 0 Å². The first-order valence-corrected chi connectivity index (χ1v) is 7.02. The number of nitrogens with zero attached hydrogens (tertiary/aromatic N) is 4. The number of fused-ring (bicyclic) bond motifs is 2.